The lowest BCUT2D eigenvalue weighted by Gasteiger charge is -2.37. The van der Waals surface area contributed by atoms with Gasteiger partial charge in [-0.05, 0) is 30.5 Å². The summed E-state index contributed by atoms with van der Waals surface area (Å²) in [6.07, 6.45) is 5.94. The number of hydrogen-bond acceptors (Lipinski definition) is 2. The Morgan fingerprint density at radius 2 is 2.00 bits per heavy atom. The molecule has 1 aromatic carbocycles. The second kappa shape index (κ2) is 5.70. The van der Waals surface area contributed by atoms with Gasteiger partial charge in [-0.25, -0.2) is 4.39 Å². The first kappa shape index (κ1) is 13.3. The van der Waals surface area contributed by atoms with E-state index in [1.807, 2.05) is 12.1 Å². The third-order valence-electron chi connectivity index (χ3n) is 4.24. The number of halogens is 1. The molecule has 100 valence electrons. The van der Waals surface area contributed by atoms with E-state index in [-0.39, 0.29) is 5.41 Å². The van der Waals surface area contributed by atoms with Crippen LogP contribution in [0.25, 0.3) is 0 Å². The van der Waals surface area contributed by atoms with Crippen molar-refractivity contribution in [3.8, 4) is 5.75 Å². The summed E-state index contributed by atoms with van der Waals surface area (Å²) in [4.78, 5) is 0. The Balaban J connectivity index is 2.36. The predicted octanol–water partition coefficient (Wildman–Crippen LogP) is 3.33. The van der Waals surface area contributed by atoms with Crippen molar-refractivity contribution >= 4 is 0 Å². The molecule has 0 saturated heterocycles. The van der Waals surface area contributed by atoms with Gasteiger partial charge in [-0.2, -0.15) is 0 Å². The van der Waals surface area contributed by atoms with Crippen LogP contribution in [0, 0.1) is 0 Å². The van der Waals surface area contributed by atoms with Crippen molar-refractivity contribution in [2.45, 2.75) is 44.2 Å². The second-order valence-electron chi connectivity index (χ2n) is 5.21. The summed E-state index contributed by atoms with van der Waals surface area (Å²) in [6.45, 7) is 0.155. The first-order valence-electron chi connectivity index (χ1n) is 6.69. The fourth-order valence-electron chi connectivity index (χ4n) is 3.05. The summed E-state index contributed by atoms with van der Waals surface area (Å²) in [6, 6.07) is 5.86. The quantitative estimate of drug-likeness (QED) is 0.891. The largest absolute Gasteiger partial charge is 0.496 e. The molecule has 1 saturated carbocycles. The normalized spacial score (nSPS) is 18.6. The van der Waals surface area contributed by atoms with Crippen LogP contribution in [0.15, 0.2) is 18.2 Å². The smallest absolute Gasteiger partial charge is 0.124 e. The van der Waals surface area contributed by atoms with E-state index < -0.39 is 6.67 Å². The number of alkyl halides is 1. The first-order chi connectivity index (χ1) is 8.75. The Morgan fingerprint density at radius 1 is 1.28 bits per heavy atom. The van der Waals surface area contributed by atoms with E-state index in [9.17, 15) is 4.39 Å². The fraction of sp³-hybridized carbons (Fsp3) is 0.600. The van der Waals surface area contributed by atoms with Crippen LogP contribution in [0.3, 0.4) is 0 Å². The number of nitrogens with two attached hydrogens (primary N) is 1. The van der Waals surface area contributed by atoms with E-state index in [2.05, 4.69) is 6.07 Å². The zero-order valence-electron chi connectivity index (χ0n) is 11.0. The maximum Gasteiger partial charge on any atom is 0.124 e. The maximum absolute atomic E-state index is 13.0. The average molecular weight is 251 g/mol. The van der Waals surface area contributed by atoms with Gasteiger partial charge in [-0.1, -0.05) is 25.3 Å². The molecule has 0 atom stereocenters. The monoisotopic (exact) mass is 251 g/mol. The third-order valence-corrected chi connectivity index (χ3v) is 4.24. The van der Waals surface area contributed by atoms with Crippen molar-refractivity contribution in [1.82, 2.24) is 0 Å². The molecule has 1 fully saturated rings. The van der Waals surface area contributed by atoms with Crippen LogP contribution in [0.1, 0.15) is 43.2 Å². The van der Waals surface area contributed by atoms with Gasteiger partial charge in [-0.3, -0.25) is 0 Å². The highest BCUT2D eigenvalue weighted by Gasteiger charge is 2.32. The molecule has 0 amide bonds. The van der Waals surface area contributed by atoms with Gasteiger partial charge < -0.3 is 10.5 Å². The van der Waals surface area contributed by atoms with Crippen molar-refractivity contribution < 1.29 is 9.13 Å². The van der Waals surface area contributed by atoms with Gasteiger partial charge in [0.25, 0.3) is 0 Å². The summed E-state index contributed by atoms with van der Waals surface area (Å²) in [5.74, 6) is 0.629. The molecular weight excluding hydrogens is 229 g/mol. The summed E-state index contributed by atoms with van der Waals surface area (Å²) in [5, 5.41) is 0. The molecule has 18 heavy (non-hydrogen) atoms. The number of benzene rings is 1. The zero-order valence-corrected chi connectivity index (χ0v) is 11.0. The number of ether oxygens (including phenoxy) is 1. The summed E-state index contributed by atoms with van der Waals surface area (Å²) >= 11 is 0. The standard InChI is InChI=1S/C15H22FNO/c1-18-14-6-5-13(9-12(14)10-16)15(11-17)7-3-2-4-8-15/h5-6,9H,2-4,7-8,10-11,17H2,1H3. The zero-order chi connectivity index (χ0) is 13.0. The molecule has 0 bridgehead atoms. The van der Waals surface area contributed by atoms with E-state index in [1.165, 1.54) is 24.8 Å². The molecule has 1 aliphatic carbocycles. The lowest BCUT2D eigenvalue weighted by atomic mass is 9.69. The van der Waals surface area contributed by atoms with Crippen LogP contribution < -0.4 is 10.5 Å². The van der Waals surface area contributed by atoms with Crippen molar-refractivity contribution in [2.24, 2.45) is 5.73 Å². The summed E-state index contributed by atoms with van der Waals surface area (Å²) in [7, 11) is 1.58. The van der Waals surface area contributed by atoms with E-state index in [0.717, 1.165) is 12.8 Å². The van der Waals surface area contributed by atoms with E-state index in [4.69, 9.17) is 10.5 Å². The molecule has 0 aromatic heterocycles. The SMILES string of the molecule is COc1ccc(C2(CN)CCCCC2)cc1CF. The fourth-order valence-corrected chi connectivity index (χ4v) is 3.05. The van der Waals surface area contributed by atoms with Crippen molar-refractivity contribution in [1.29, 1.82) is 0 Å². The van der Waals surface area contributed by atoms with Gasteiger partial charge in [0, 0.05) is 17.5 Å². The van der Waals surface area contributed by atoms with Gasteiger partial charge >= 0.3 is 0 Å². The molecule has 0 heterocycles. The molecule has 2 nitrogen and oxygen atoms in total. The Kier molecular flexibility index (Phi) is 4.23. The molecule has 1 aromatic rings. The number of hydrogen-bond donors (Lipinski definition) is 1. The highest BCUT2D eigenvalue weighted by atomic mass is 19.1. The third kappa shape index (κ3) is 2.37. The van der Waals surface area contributed by atoms with Gasteiger partial charge in [-0.15, -0.1) is 0 Å². The Labute approximate surface area is 108 Å². The van der Waals surface area contributed by atoms with E-state index >= 15 is 0 Å². The van der Waals surface area contributed by atoms with Crippen molar-refractivity contribution in [3.05, 3.63) is 29.3 Å². The topological polar surface area (TPSA) is 35.2 Å². The molecule has 2 N–H and O–H groups in total. The maximum atomic E-state index is 13.0. The van der Waals surface area contributed by atoms with E-state index in [0.29, 0.717) is 17.9 Å². The molecule has 3 heteroatoms. The van der Waals surface area contributed by atoms with Gasteiger partial charge in [0.15, 0.2) is 0 Å². The summed E-state index contributed by atoms with van der Waals surface area (Å²) in [5.41, 5.74) is 7.87. The molecule has 0 aliphatic heterocycles. The minimum Gasteiger partial charge on any atom is -0.496 e. The van der Waals surface area contributed by atoms with E-state index in [1.54, 1.807) is 7.11 Å². The summed E-state index contributed by atoms with van der Waals surface area (Å²) < 4.78 is 18.2. The van der Waals surface area contributed by atoms with Gasteiger partial charge in [0.05, 0.1) is 7.11 Å². The molecule has 1 aliphatic rings. The highest BCUT2D eigenvalue weighted by Crippen LogP contribution is 2.40. The highest BCUT2D eigenvalue weighted by molar-refractivity contribution is 5.40. The van der Waals surface area contributed by atoms with Gasteiger partial charge in [0.1, 0.15) is 12.4 Å². The molecule has 0 radical (unpaired) electrons. The lowest BCUT2D eigenvalue weighted by molar-refractivity contribution is 0.299. The molecular formula is C15H22FNO. The second-order valence-corrected chi connectivity index (χ2v) is 5.21. The van der Waals surface area contributed by atoms with Crippen LogP contribution in [0.4, 0.5) is 4.39 Å². The Morgan fingerprint density at radius 3 is 2.56 bits per heavy atom. The minimum atomic E-state index is -0.488. The van der Waals surface area contributed by atoms with Crippen LogP contribution in [-0.2, 0) is 12.1 Å². The number of rotatable bonds is 4. The molecule has 2 rings (SSSR count). The van der Waals surface area contributed by atoms with Crippen LogP contribution >= 0.6 is 0 Å². The van der Waals surface area contributed by atoms with Crippen LogP contribution in [0.5, 0.6) is 5.75 Å². The van der Waals surface area contributed by atoms with Crippen LogP contribution in [-0.4, -0.2) is 13.7 Å². The van der Waals surface area contributed by atoms with Gasteiger partial charge in [0.2, 0.25) is 0 Å². The van der Waals surface area contributed by atoms with Crippen molar-refractivity contribution in [3.63, 3.8) is 0 Å². The van der Waals surface area contributed by atoms with Crippen LogP contribution in [0.2, 0.25) is 0 Å². The average Bonchev–Trinajstić information content (AvgIpc) is 2.47. The van der Waals surface area contributed by atoms with Crippen molar-refractivity contribution in [2.75, 3.05) is 13.7 Å². The molecule has 0 unspecified atom stereocenters. The first-order valence-corrected chi connectivity index (χ1v) is 6.69. The Hall–Kier alpha value is -1.09. The minimum absolute atomic E-state index is 0.0500. The Bertz CT molecular complexity index is 399. The predicted molar refractivity (Wildman–Crippen MR) is 71.6 cm³/mol. The number of methoxy groups -OCH3 is 1. The lowest BCUT2D eigenvalue weighted by Crippen LogP contribution is -2.37. The molecule has 0 spiro atoms.